The summed E-state index contributed by atoms with van der Waals surface area (Å²) in [7, 11) is 2.95. The largest absolute Gasteiger partial charge is 0.496 e. The highest BCUT2D eigenvalue weighted by Crippen LogP contribution is 2.17. The number of esters is 1. The third-order valence-corrected chi connectivity index (χ3v) is 3.83. The minimum Gasteiger partial charge on any atom is -0.496 e. The summed E-state index contributed by atoms with van der Waals surface area (Å²) in [5, 5.41) is 2.83. The van der Waals surface area contributed by atoms with Gasteiger partial charge in [0, 0.05) is 12.1 Å². The van der Waals surface area contributed by atoms with Crippen LogP contribution in [0.3, 0.4) is 0 Å². The van der Waals surface area contributed by atoms with Crippen molar-refractivity contribution >= 4 is 11.9 Å². The SMILES string of the molecule is COC(=O)Cc1ccc(OC(C)C(=O)NCc2ccccc2OC)cc1. The topological polar surface area (TPSA) is 73.9 Å². The molecule has 0 aliphatic carbocycles. The molecule has 0 radical (unpaired) electrons. The zero-order valence-electron chi connectivity index (χ0n) is 15.2. The molecule has 1 atom stereocenters. The van der Waals surface area contributed by atoms with Gasteiger partial charge >= 0.3 is 5.97 Å². The van der Waals surface area contributed by atoms with Crippen LogP contribution in [0, 0.1) is 0 Å². The summed E-state index contributed by atoms with van der Waals surface area (Å²) in [5.74, 6) is 0.749. The van der Waals surface area contributed by atoms with Crippen molar-refractivity contribution in [2.75, 3.05) is 14.2 Å². The predicted octanol–water partition coefficient (Wildman–Crippen LogP) is 2.49. The lowest BCUT2D eigenvalue weighted by molar-refractivity contribution is -0.139. The van der Waals surface area contributed by atoms with Gasteiger partial charge < -0.3 is 19.5 Å². The van der Waals surface area contributed by atoms with E-state index < -0.39 is 6.10 Å². The summed E-state index contributed by atoms with van der Waals surface area (Å²) in [6.07, 6.45) is -0.456. The standard InChI is InChI=1S/C20H23NO5/c1-14(20(23)21-13-16-6-4-5-7-18(16)24-2)26-17-10-8-15(9-11-17)12-19(22)25-3/h4-11,14H,12-13H2,1-3H3,(H,21,23). The predicted molar refractivity (Wildman–Crippen MR) is 97.1 cm³/mol. The lowest BCUT2D eigenvalue weighted by Gasteiger charge is -2.16. The Balaban J connectivity index is 1.87. The lowest BCUT2D eigenvalue weighted by Crippen LogP contribution is -2.35. The highest BCUT2D eigenvalue weighted by Gasteiger charge is 2.15. The highest BCUT2D eigenvalue weighted by atomic mass is 16.5. The second-order valence-electron chi connectivity index (χ2n) is 5.69. The van der Waals surface area contributed by atoms with E-state index in [1.807, 2.05) is 24.3 Å². The summed E-state index contributed by atoms with van der Waals surface area (Å²) >= 11 is 0. The number of hydrogen-bond acceptors (Lipinski definition) is 5. The van der Waals surface area contributed by atoms with Crippen LogP contribution in [0.25, 0.3) is 0 Å². The molecule has 6 heteroatoms. The van der Waals surface area contributed by atoms with Crippen LogP contribution in [0.2, 0.25) is 0 Å². The van der Waals surface area contributed by atoms with E-state index in [4.69, 9.17) is 9.47 Å². The van der Waals surface area contributed by atoms with Crippen molar-refractivity contribution in [1.29, 1.82) is 0 Å². The maximum atomic E-state index is 12.2. The fraction of sp³-hybridized carbons (Fsp3) is 0.300. The molecule has 0 saturated heterocycles. The van der Waals surface area contributed by atoms with Crippen molar-refractivity contribution in [2.24, 2.45) is 0 Å². The first-order valence-electron chi connectivity index (χ1n) is 8.25. The molecule has 0 aromatic heterocycles. The van der Waals surface area contributed by atoms with E-state index in [1.54, 1.807) is 38.3 Å². The zero-order chi connectivity index (χ0) is 18.9. The van der Waals surface area contributed by atoms with Crippen molar-refractivity contribution in [3.8, 4) is 11.5 Å². The Morgan fingerprint density at radius 3 is 2.38 bits per heavy atom. The van der Waals surface area contributed by atoms with E-state index in [2.05, 4.69) is 10.1 Å². The van der Waals surface area contributed by atoms with E-state index in [-0.39, 0.29) is 18.3 Å². The van der Waals surface area contributed by atoms with Gasteiger partial charge in [-0.05, 0) is 30.7 Å². The van der Waals surface area contributed by atoms with Gasteiger partial charge in [0.15, 0.2) is 6.10 Å². The van der Waals surface area contributed by atoms with Gasteiger partial charge in [-0.15, -0.1) is 0 Å². The first-order valence-corrected chi connectivity index (χ1v) is 8.25. The van der Waals surface area contributed by atoms with E-state index in [1.165, 1.54) is 7.11 Å². The van der Waals surface area contributed by atoms with Crippen LogP contribution in [0.4, 0.5) is 0 Å². The van der Waals surface area contributed by atoms with E-state index in [9.17, 15) is 9.59 Å². The molecule has 1 N–H and O–H groups in total. The van der Waals surface area contributed by atoms with Gasteiger partial charge in [-0.2, -0.15) is 0 Å². The molecule has 26 heavy (non-hydrogen) atoms. The quantitative estimate of drug-likeness (QED) is 0.735. The van der Waals surface area contributed by atoms with Gasteiger partial charge in [0.25, 0.3) is 5.91 Å². The number of nitrogens with one attached hydrogen (secondary N) is 1. The van der Waals surface area contributed by atoms with Crippen molar-refractivity contribution in [2.45, 2.75) is 26.0 Å². The summed E-state index contributed by atoms with van der Waals surface area (Å²) in [4.78, 5) is 23.5. The fourth-order valence-electron chi connectivity index (χ4n) is 2.36. The molecule has 0 aliphatic heterocycles. The Morgan fingerprint density at radius 2 is 1.73 bits per heavy atom. The Hall–Kier alpha value is -3.02. The van der Waals surface area contributed by atoms with Crippen LogP contribution < -0.4 is 14.8 Å². The van der Waals surface area contributed by atoms with Gasteiger partial charge in [0.05, 0.1) is 20.6 Å². The minimum absolute atomic E-state index is 0.200. The second-order valence-corrected chi connectivity index (χ2v) is 5.69. The van der Waals surface area contributed by atoms with Gasteiger partial charge in [-0.25, -0.2) is 0 Å². The number of ether oxygens (including phenoxy) is 3. The molecule has 2 aromatic rings. The maximum Gasteiger partial charge on any atom is 0.309 e. The molecule has 0 fully saturated rings. The molecule has 6 nitrogen and oxygen atoms in total. The van der Waals surface area contributed by atoms with E-state index >= 15 is 0 Å². The van der Waals surface area contributed by atoms with Crippen LogP contribution in [-0.4, -0.2) is 32.2 Å². The first kappa shape index (κ1) is 19.3. The van der Waals surface area contributed by atoms with Gasteiger partial charge in [-0.3, -0.25) is 9.59 Å². The number of rotatable bonds is 8. The Bertz CT molecular complexity index is 742. The van der Waals surface area contributed by atoms with Crippen LogP contribution in [-0.2, 0) is 27.3 Å². The van der Waals surface area contributed by atoms with Gasteiger partial charge in [0.2, 0.25) is 0 Å². The third-order valence-electron chi connectivity index (χ3n) is 3.83. The number of hydrogen-bond donors (Lipinski definition) is 1. The number of benzene rings is 2. The molecule has 0 spiro atoms. The van der Waals surface area contributed by atoms with Gasteiger partial charge in [-0.1, -0.05) is 30.3 Å². The Morgan fingerprint density at radius 1 is 1.04 bits per heavy atom. The Labute approximate surface area is 153 Å². The Kier molecular flexibility index (Phi) is 7.02. The van der Waals surface area contributed by atoms with E-state index in [0.29, 0.717) is 12.3 Å². The molecule has 0 aliphatic rings. The molecule has 0 bridgehead atoms. The maximum absolute atomic E-state index is 12.2. The molecule has 0 heterocycles. The number of carbonyl (C=O) groups excluding carboxylic acids is 2. The minimum atomic E-state index is -0.656. The van der Waals surface area contributed by atoms with Crippen LogP contribution in [0.15, 0.2) is 48.5 Å². The molecule has 1 amide bonds. The fourth-order valence-corrected chi connectivity index (χ4v) is 2.36. The average Bonchev–Trinajstić information content (AvgIpc) is 2.67. The molecular weight excluding hydrogens is 334 g/mol. The number of carbonyl (C=O) groups is 2. The second kappa shape index (κ2) is 9.46. The zero-order valence-corrected chi connectivity index (χ0v) is 15.2. The third kappa shape index (κ3) is 5.51. The van der Waals surface area contributed by atoms with Crippen molar-refractivity contribution in [3.63, 3.8) is 0 Å². The van der Waals surface area contributed by atoms with Crippen LogP contribution in [0.1, 0.15) is 18.1 Å². The highest BCUT2D eigenvalue weighted by molar-refractivity contribution is 5.80. The molecular formula is C20H23NO5. The van der Waals surface area contributed by atoms with Crippen LogP contribution >= 0.6 is 0 Å². The number of para-hydroxylation sites is 1. The monoisotopic (exact) mass is 357 g/mol. The van der Waals surface area contributed by atoms with Crippen molar-refractivity contribution < 1.29 is 23.8 Å². The molecule has 138 valence electrons. The first-order chi connectivity index (χ1) is 12.5. The van der Waals surface area contributed by atoms with E-state index in [0.717, 1.165) is 16.9 Å². The summed E-state index contributed by atoms with van der Waals surface area (Å²) in [6, 6.07) is 14.5. The number of amides is 1. The summed E-state index contributed by atoms with van der Waals surface area (Å²) < 4.78 is 15.5. The summed E-state index contributed by atoms with van der Waals surface area (Å²) in [6.45, 7) is 2.04. The molecule has 1 unspecified atom stereocenters. The molecule has 2 aromatic carbocycles. The lowest BCUT2D eigenvalue weighted by atomic mass is 10.1. The molecule has 0 saturated carbocycles. The number of methoxy groups -OCH3 is 2. The normalized spacial score (nSPS) is 11.3. The van der Waals surface area contributed by atoms with Crippen molar-refractivity contribution in [1.82, 2.24) is 5.32 Å². The smallest absolute Gasteiger partial charge is 0.309 e. The van der Waals surface area contributed by atoms with Crippen molar-refractivity contribution in [3.05, 3.63) is 59.7 Å². The summed E-state index contributed by atoms with van der Waals surface area (Å²) in [5.41, 5.74) is 1.71. The average molecular weight is 357 g/mol. The van der Waals surface area contributed by atoms with Gasteiger partial charge in [0.1, 0.15) is 11.5 Å². The van der Waals surface area contributed by atoms with Crippen LogP contribution in [0.5, 0.6) is 11.5 Å². The molecule has 2 rings (SSSR count).